The van der Waals surface area contributed by atoms with Crippen LogP contribution < -0.4 is 5.32 Å². The zero-order valence-electron chi connectivity index (χ0n) is 17.1. The van der Waals surface area contributed by atoms with Gasteiger partial charge in [0.2, 0.25) is 5.95 Å². The Bertz CT molecular complexity index is 996. The van der Waals surface area contributed by atoms with Crippen molar-refractivity contribution in [1.29, 1.82) is 0 Å². The number of amides is 1. The minimum atomic E-state index is 0.00207. The van der Waals surface area contributed by atoms with Gasteiger partial charge in [0.15, 0.2) is 0 Å². The Labute approximate surface area is 166 Å². The predicted octanol–water partition coefficient (Wildman–Crippen LogP) is 4.38. The van der Waals surface area contributed by atoms with Crippen molar-refractivity contribution >= 4 is 11.9 Å². The van der Waals surface area contributed by atoms with Gasteiger partial charge in [0.05, 0.1) is 5.69 Å². The van der Waals surface area contributed by atoms with Gasteiger partial charge < -0.3 is 10.2 Å². The molecule has 0 bridgehead atoms. The van der Waals surface area contributed by atoms with Crippen LogP contribution in [0.5, 0.6) is 0 Å². The number of nitrogens with zero attached hydrogens (tertiary/aromatic N) is 3. The van der Waals surface area contributed by atoms with Crippen molar-refractivity contribution in [2.75, 3.05) is 19.4 Å². The van der Waals surface area contributed by atoms with Gasteiger partial charge in [-0.25, -0.2) is 9.97 Å². The summed E-state index contributed by atoms with van der Waals surface area (Å²) < 4.78 is 0. The quantitative estimate of drug-likeness (QED) is 0.720. The third-order valence-electron chi connectivity index (χ3n) is 4.98. The second-order valence-corrected chi connectivity index (χ2v) is 7.07. The van der Waals surface area contributed by atoms with E-state index in [9.17, 15) is 4.79 Å². The van der Waals surface area contributed by atoms with E-state index >= 15 is 0 Å². The molecular formula is C23H26N4O. The fourth-order valence-electron chi connectivity index (χ4n) is 3.14. The molecule has 0 atom stereocenters. The molecule has 0 radical (unpaired) electrons. The van der Waals surface area contributed by atoms with E-state index in [4.69, 9.17) is 0 Å². The summed E-state index contributed by atoms with van der Waals surface area (Å²) in [5.74, 6) is 0.589. The van der Waals surface area contributed by atoms with Gasteiger partial charge in [0.25, 0.3) is 5.91 Å². The maximum absolute atomic E-state index is 12.8. The highest BCUT2D eigenvalue weighted by atomic mass is 16.2. The molecule has 3 rings (SSSR count). The van der Waals surface area contributed by atoms with E-state index in [1.807, 2.05) is 50.4 Å². The molecule has 0 saturated heterocycles. The lowest BCUT2D eigenvalue weighted by atomic mass is 10.0. The number of aryl methyl sites for hydroxylation is 2. The first kappa shape index (κ1) is 19.5. The Kier molecular flexibility index (Phi) is 5.73. The highest BCUT2D eigenvalue weighted by Gasteiger charge is 2.14. The fourth-order valence-corrected chi connectivity index (χ4v) is 3.14. The topological polar surface area (TPSA) is 58.1 Å². The Hall–Kier alpha value is -3.21. The molecule has 3 aromatic rings. The van der Waals surface area contributed by atoms with Gasteiger partial charge in [-0.3, -0.25) is 4.79 Å². The highest BCUT2D eigenvalue weighted by molar-refractivity contribution is 5.94. The second-order valence-electron chi connectivity index (χ2n) is 7.07. The van der Waals surface area contributed by atoms with E-state index in [1.54, 1.807) is 11.9 Å². The number of rotatable bonds is 5. The molecule has 1 heterocycles. The van der Waals surface area contributed by atoms with Gasteiger partial charge in [-0.1, -0.05) is 30.3 Å². The Morgan fingerprint density at radius 1 is 1.04 bits per heavy atom. The number of nitrogens with one attached hydrogen (secondary N) is 1. The lowest BCUT2D eigenvalue weighted by Gasteiger charge is -2.19. The van der Waals surface area contributed by atoms with E-state index in [0.29, 0.717) is 18.1 Å². The summed E-state index contributed by atoms with van der Waals surface area (Å²) in [7, 11) is 3.64. The summed E-state index contributed by atoms with van der Waals surface area (Å²) in [6.45, 7) is 6.71. The monoisotopic (exact) mass is 374 g/mol. The molecule has 0 saturated carbocycles. The molecule has 0 aliphatic heterocycles. The summed E-state index contributed by atoms with van der Waals surface area (Å²) in [5, 5.41) is 2.97. The van der Waals surface area contributed by atoms with Crippen LogP contribution in [0, 0.1) is 20.8 Å². The average Bonchev–Trinajstić information content (AvgIpc) is 2.70. The lowest BCUT2D eigenvalue weighted by molar-refractivity contribution is 0.0785. The Morgan fingerprint density at radius 3 is 2.43 bits per heavy atom. The normalized spacial score (nSPS) is 10.6. The maximum Gasteiger partial charge on any atom is 0.253 e. The van der Waals surface area contributed by atoms with Crippen molar-refractivity contribution in [2.45, 2.75) is 27.3 Å². The summed E-state index contributed by atoms with van der Waals surface area (Å²) in [6, 6.07) is 15.7. The van der Waals surface area contributed by atoms with Crippen LogP contribution >= 0.6 is 0 Å². The molecule has 5 nitrogen and oxygen atoms in total. The van der Waals surface area contributed by atoms with E-state index in [0.717, 1.165) is 17.0 Å². The van der Waals surface area contributed by atoms with Gasteiger partial charge in [0, 0.05) is 37.5 Å². The third kappa shape index (κ3) is 4.19. The summed E-state index contributed by atoms with van der Waals surface area (Å²) in [6.07, 6.45) is 0. The van der Waals surface area contributed by atoms with Gasteiger partial charge in [-0.2, -0.15) is 0 Å². The minimum absolute atomic E-state index is 0.00207. The van der Waals surface area contributed by atoms with E-state index in [2.05, 4.69) is 41.3 Å². The Balaban J connectivity index is 1.78. The Morgan fingerprint density at radius 2 is 1.75 bits per heavy atom. The van der Waals surface area contributed by atoms with Gasteiger partial charge in [-0.05, 0) is 55.7 Å². The number of hydrogen-bond acceptors (Lipinski definition) is 4. The van der Waals surface area contributed by atoms with Gasteiger partial charge in [0.1, 0.15) is 0 Å². The molecule has 0 aliphatic carbocycles. The number of anilines is 1. The molecule has 1 amide bonds. The summed E-state index contributed by atoms with van der Waals surface area (Å²) >= 11 is 0. The predicted molar refractivity (Wildman–Crippen MR) is 113 cm³/mol. The molecule has 28 heavy (non-hydrogen) atoms. The van der Waals surface area contributed by atoms with Crippen LogP contribution in [0.15, 0.2) is 48.5 Å². The van der Waals surface area contributed by atoms with Crippen LogP contribution in [0.1, 0.15) is 32.7 Å². The van der Waals surface area contributed by atoms with Crippen molar-refractivity contribution in [2.24, 2.45) is 0 Å². The average molecular weight is 374 g/mol. The molecular weight excluding hydrogens is 348 g/mol. The zero-order chi connectivity index (χ0) is 20.3. The van der Waals surface area contributed by atoms with Crippen LogP contribution in [0.3, 0.4) is 0 Å². The molecule has 1 aromatic heterocycles. The van der Waals surface area contributed by atoms with Gasteiger partial charge >= 0.3 is 0 Å². The van der Waals surface area contributed by atoms with E-state index < -0.39 is 0 Å². The van der Waals surface area contributed by atoms with Crippen molar-refractivity contribution in [3.05, 3.63) is 76.5 Å². The first-order chi connectivity index (χ1) is 13.4. The van der Waals surface area contributed by atoms with E-state index in [1.165, 1.54) is 16.7 Å². The fraction of sp³-hybridized carbons (Fsp3) is 0.261. The van der Waals surface area contributed by atoms with Crippen LogP contribution in [-0.4, -0.2) is 34.9 Å². The minimum Gasteiger partial charge on any atom is -0.357 e. The van der Waals surface area contributed by atoms with E-state index in [-0.39, 0.29) is 5.91 Å². The molecule has 2 aromatic carbocycles. The molecule has 0 aliphatic rings. The number of benzene rings is 2. The number of carbonyl (C=O) groups is 1. The molecule has 0 spiro atoms. The SMILES string of the molecule is CNc1nc(C)cc(-c2ccc(C(=O)N(C)Cc3cccc(C)c3C)cc2)n1. The third-order valence-corrected chi connectivity index (χ3v) is 4.98. The standard InChI is InChI=1S/C23H26N4O/c1-15-7-6-8-20(17(15)3)14-27(5)22(28)19-11-9-18(10-12-19)21-13-16(2)25-23(24-4)26-21/h6-13H,14H2,1-5H3,(H,24,25,26). The van der Waals surface area contributed by atoms with Crippen molar-refractivity contribution < 1.29 is 4.79 Å². The number of aromatic nitrogens is 2. The van der Waals surface area contributed by atoms with Gasteiger partial charge in [-0.15, -0.1) is 0 Å². The molecule has 1 N–H and O–H groups in total. The molecule has 5 heteroatoms. The van der Waals surface area contributed by atoms with Crippen LogP contribution in [0.4, 0.5) is 5.95 Å². The summed E-state index contributed by atoms with van der Waals surface area (Å²) in [5.41, 5.74) is 6.98. The van der Waals surface area contributed by atoms with Crippen molar-refractivity contribution in [3.63, 3.8) is 0 Å². The van der Waals surface area contributed by atoms with Crippen LogP contribution in [0.25, 0.3) is 11.3 Å². The first-order valence-electron chi connectivity index (χ1n) is 9.33. The molecule has 0 unspecified atom stereocenters. The largest absolute Gasteiger partial charge is 0.357 e. The lowest BCUT2D eigenvalue weighted by Crippen LogP contribution is -2.26. The van der Waals surface area contributed by atoms with Crippen molar-refractivity contribution in [1.82, 2.24) is 14.9 Å². The van der Waals surface area contributed by atoms with Crippen molar-refractivity contribution in [3.8, 4) is 11.3 Å². The summed E-state index contributed by atoms with van der Waals surface area (Å²) in [4.78, 5) is 23.4. The highest BCUT2D eigenvalue weighted by Crippen LogP contribution is 2.21. The molecule has 144 valence electrons. The van der Waals surface area contributed by atoms with Crippen LogP contribution in [0.2, 0.25) is 0 Å². The molecule has 0 fully saturated rings. The van der Waals surface area contributed by atoms with Crippen LogP contribution in [-0.2, 0) is 6.54 Å². The smallest absolute Gasteiger partial charge is 0.253 e. The zero-order valence-corrected chi connectivity index (χ0v) is 17.1. The number of carbonyl (C=O) groups excluding carboxylic acids is 1. The second kappa shape index (κ2) is 8.21. The number of hydrogen-bond donors (Lipinski definition) is 1. The first-order valence-corrected chi connectivity index (χ1v) is 9.33. The maximum atomic E-state index is 12.8.